The number of benzene rings is 3. The van der Waals surface area contributed by atoms with E-state index < -0.39 is 41.0 Å². The number of aromatic nitrogens is 1. The first-order valence-electron chi connectivity index (χ1n) is 15.5. The summed E-state index contributed by atoms with van der Waals surface area (Å²) < 4.78 is 55.9. The van der Waals surface area contributed by atoms with Crippen LogP contribution in [0.1, 0.15) is 63.2 Å². The lowest BCUT2D eigenvalue weighted by Gasteiger charge is -2.27. The molecule has 0 unspecified atom stereocenters. The van der Waals surface area contributed by atoms with E-state index >= 15 is 0 Å². The molecule has 0 saturated heterocycles. The van der Waals surface area contributed by atoms with Crippen LogP contribution < -0.4 is 20.3 Å². The predicted octanol–water partition coefficient (Wildman–Crippen LogP) is 9.42. The van der Waals surface area contributed by atoms with Crippen molar-refractivity contribution in [2.45, 2.75) is 65.3 Å². The Morgan fingerprint density at radius 2 is 1.48 bits per heavy atom. The molecule has 50 heavy (non-hydrogen) atoms. The fraction of sp³-hybridized carbons (Fsp3) is 0.333. The highest BCUT2D eigenvalue weighted by molar-refractivity contribution is 7.13. The summed E-state index contributed by atoms with van der Waals surface area (Å²) in [6, 6.07) is 15.8. The van der Waals surface area contributed by atoms with Crippen molar-refractivity contribution in [3.05, 3.63) is 88.9 Å². The molecule has 266 valence electrons. The van der Waals surface area contributed by atoms with Crippen LogP contribution in [0, 0.1) is 0 Å². The number of rotatable bonds is 9. The van der Waals surface area contributed by atoms with Gasteiger partial charge in [0.1, 0.15) is 17.0 Å². The lowest BCUT2D eigenvalue weighted by Crippen LogP contribution is -2.38. The number of thiazole rings is 1. The molecule has 0 aliphatic carbocycles. The summed E-state index contributed by atoms with van der Waals surface area (Å²) in [4.78, 5) is 44.8. The molecule has 0 aliphatic heterocycles. The molecule has 0 spiro atoms. The Hall–Kier alpha value is -5.11. The first kappa shape index (κ1) is 37.7. The summed E-state index contributed by atoms with van der Waals surface area (Å²) in [5, 5.41) is 7.56. The van der Waals surface area contributed by atoms with Crippen LogP contribution >= 0.6 is 11.3 Å². The first-order chi connectivity index (χ1) is 23.3. The van der Waals surface area contributed by atoms with Crippen molar-refractivity contribution in [1.82, 2.24) is 4.98 Å². The Labute approximate surface area is 292 Å². The van der Waals surface area contributed by atoms with E-state index in [2.05, 4.69) is 15.6 Å². The zero-order valence-corrected chi connectivity index (χ0v) is 29.5. The van der Waals surface area contributed by atoms with Gasteiger partial charge in [-0.1, -0.05) is 18.2 Å². The summed E-state index contributed by atoms with van der Waals surface area (Å²) in [6.07, 6.45) is -5.37. The van der Waals surface area contributed by atoms with Crippen LogP contribution in [0.4, 0.5) is 39.3 Å². The standard InChI is InChI=1S/C36H39F3N4O6S/c1-34(2,3)48-32(45)42-31-41-25(21-50-31)19-20-43(33(46)49-35(4,5)6)26-17-15-24(16-18-26)40-30(44)27-9-8-10-28(47-7)29(27)22-11-13-23(14-12-22)36(37,38)39/h8-18,21H,19-20H2,1-7H3,(H,40,44)(H,41,42,45). The molecule has 0 fully saturated rings. The third kappa shape index (κ3) is 10.4. The largest absolute Gasteiger partial charge is 0.496 e. The van der Waals surface area contributed by atoms with Crippen molar-refractivity contribution in [3.8, 4) is 16.9 Å². The number of hydrogen-bond acceptors (Lipinski definition) is 8. The van der Waals surface area contributed by atoms with E-state index in [9.17, 15) is 27.6 Å². The third-order valence-corrected chi connectivity index (χ3v) is 7.60. The van der Waals surface area contributed by atoms with Gasteiger partial charge in [-0.05, 0) is 95.6 Å². The number of methoxy groups -OCH3 is 1. The van der Waals surface area contributed by atoms with E-state index in [0.29, 0.717) is 45.5 Å². The minimum atomic E-state index is -4.50. The van der Waals surface area contributed by atoms with Gasteiger partial charge in [-0.3, -0.25) is 15.0 Å². The van der Waals surface area contributed by atoms with Gasteiger partial charge < -0.3 is 19.5 Å². The van der Waals surface area contributed by atoms with Gasteiger partial charge >= 0.3 is 18.4 Å². The van der Waals surface area contributed by atoms with Gasteiger partial charge in [0.05, 0.1) is 23.9 Å². The van der Waals surface area contributed by atoms with Crippen molar-refractivity contribution < 1.29 is 41.8 Å². The molecule has 10 nitrogen and oxygen atoms in total. The predicted molar refractivity (Wildman–Crippen MR) is 187 cm³/mol. The molecule has 4 aromatic rings. The van der Waals surface area contributed by atoms with Crippen LogP contribution in [0.5, 0.6) is 5.75 Å². The van der Waals surface area contributed by atoms with Crippen LogP contribution in [0.3, 0.4) is 0 Å². The molecule has 3 amide bonds. The smallest absolute Gasteiger partial charge is 0.416 e. The molecule has 0 saturated carbocycles. The second kappa shape index (κ2) is 15.2. The number of nitrogens with one attached hydrogen (secondary N) is 2. The van der Waals surface area contributed by atoms with Gasteiger partial charge in [0.15, 0.2) is 5.13 Å². The highest BCUT2D eigenvalue weighted by Crippen LogP contribution is 2.36. The minimum absolute atomic E-state index is 0.187. The molecule has 14 heteroatoms. The molecule has 1 heterocycles. The van der Waals surface area contributed by atoms with E-state index in [1.165, 1.54) is 35.5 Å². The van der Waals surface area contributed by atoms with Crippen LogP contribution in [0.2, 0.25) is 0 Å². The second-order valence-corrected chi connectivity index (χ2v) is 14.0. The van der Waals surface area contributed by atoms with Crippen molar-refractivity contribution in [1.29, 1.82) is 0 Å². The number of ether oxygens (including phenoxy) is 3. The second-order valence-electron chi connectivity index (χ2n) is 13.1. The molecule has 4 rings (SSSR count). The SMILES string of the molecule is COc1cccc(C(=O)Nc2ccc(N(CCc3csc(NC(=O)OC(C)(C)C)n3)C(=O)OC(C)(C)C)cc2)c1-c1ccc(C(F)(F)F)cc1. The Kier molecular flexibility index (Phi) is 11.5. The maximum Gasteiger partial charge on any atom is 0.416 e. The Bertz CT molecular complexity index is 1810. The average Bonchev–Trinajstić information content (AvgIpc) is 3.46. The lowest BCUT2D eigenvalue weighted by atomic mass is 9.96. The highest BCUT2D eigenvalue weighted by Gasteiger charge is 2.30. The van der Waals surface area contributed by atoms with Crippen molar-refractivity contribution in [3.63, 3.8) is 0 Å². The molecule has 0 bridgehead atoms. The summed E-state index contributed by atoms with van der Waals surface area (Å²) >= 11 is 1.23. The third-order valence-electron chi connectivity index (χ3n) is 6.79. The number of halogens is 3. The Morgan fingerprint density at radius 3 is 2.06 bits per heavy atom. The van der Waals surface area contributed by atoms with E-state index in [0.717, 1.165) is 12.1 Å². The van der Waals surface area contributed by atoms with Crippen molar-refractivity contribution >= 4 is 45.9 Å². The molecular formula is C36H39F3N4O6S. The maximum atomic E-state index is 13.5. The average molecular weight is 713 g/mol. The summed E-state index contributed by atoms with van der Waals surface area (Å²) in [5.41, 5.74) is 0.187. The number of carbonyl (C=O) groups is 3. The molecule has 0 radical (unpaired) electrons. The minimum Gasteiger partial charge on any atom is -0.496 e. The van der Waals surface area contributed by atoms with Gasteiger partial charge in [0, 0.05) is 35.3 Å². The first-order valence-corrected chi connectivity index (χ1v) is 16.4. The molecule has 0 aliphatic rings. The van der Waals surface area contributed by atoms with Gasteiger partial charge in [0.25, 0.3) is 5.91 Å². The maximum absolute atomic E-state index is 13.5. The quantitative estimate of drug-likeness (QED) is 0.178. The van der Waals surface area contributed by atoms with Crippen molar-refractivity contribution in [2.75, 3.05) is 29.2 Å². The van der Waals surface area contributed by atoms with Crippen LogP contribution in [-0.4, -0.2) is 47.9 Å². The number of nitrogens with zero attached hydrogens (tertiary/aromatic N) is 2. The summed E-state index contributed by atoms with van der Waals surface area (Å²) in [5.74, 6) is -0.205. The zero-order chi connectivity index (χ0) is 36.9. The topological polar surface area (TPSA) is 119 Å². The van der Waals surface area contributed by atoms with Crippen molar-refractivity contribution in [2.24, 2.45) is 0 Å². The molecule has 3 aromatic carbocycles. The van der Waals surface area contributed by atoms with Crippen LogP contribution in [0.25, 0.3) is 11.1 Å². The molecule has 0 atom stereocenters. The summed E-state index contributed by atoms with van der Waals surface area (Å²) in [7, 11) is 1.41. The van der Waals surface area contributed by atoms with E-state index in [1.54, 1.807) is 89.4 Å². The number of alkyl halides is 3. The fourth-order valence-electron chi connectivity index (χ4n) is 4.68. The molecule has 1 aromatic heterocycles. The fourth-order valence-corrected chi connectivity index (χ4v) is 5.41. The normalized spacial score (nSPS) is 11.8. The highest BCUT2D eigenvalue weighted by atomic mass is 32.1. The number of carbonyl (C=O) groups excluding carboxylic acids is 3. The van der Waals surface area contributed by atoms with Crippen LogP contribution in [0.15, 0.2) is 72.1 Å². The number of anilines is 3. The van der Waals surface area contributed by atoms with Crippen LogP contribution in [-0.2, 0) is 22.1 Å². The number of amides is 3. The summed E-state index contributed by atoms with van der Waals surface area (Å²) in [6.45, 7) is 10.7. The Morgan fingerprint density at radius 1 is 0.840 bits per heavy atom. The van der Waals surface area contributed by atoms with Gasteiger partial charge in [0.2, 0.25) is 0 Å². The molecular weight excluding hydrogens is 673 g/mol. The van der Waals surface area contributed by atoms with Gasteiger partial charge in [-0.25, -0.2) is 14.6 Å². The van der Waals surface area contributed by atoms with E-state index in [1.807, 2.05) is 0 Å². The van der Waals surface area contributed by atoms with E-state index in [4.69, 9.17) is 14.2 Å². The monoisotopic (exact) mass is 712 g/mol. The Balaban J connectivity index is 1.52. The zero-order valence-electron chi connectivity index (χ0n) is 28.7. The van der Waals surface area contributed by atoms with Gasteiger partial charge in [-0.2, -0.15) is 13.2 Å². The van der Waals surface area contributed by atoms with Gasteiger partial charge in [-0.15, -0.1) is 11.3 Å². The number of hydrogen-bond donors (Lipinski definition) is 2. The van der Waals surface area contributed by atoms with E-state index in [-0.39, 0.29) is 12.1 Å². The lowest BCUT2D eigenvalue weighted by molar-refractivity contribution is -0.137. The molecule has 2 N–H and O–H groups in total.